The minimum absolute atomic E-state index is 0.0878. The molecule has 2 aliphatic rings. The summed E-state index contributed by atoms with van der Waals surface area (Å²) in [5, 5.41) is 12.5. The number of carboxylic acid groups (broad SMARTS) is 1. The van der Waals surface area contributed by atoms with Gasteiger partial charge in [0.15, 0.2) is 0 Å². The van der Waals surface area contributed by atoms with Crippen molar-refractivity contribution in [3.05, 3.63) is 18.5 Å². The standard InChI is InChI=1S/C24H34N4O5/c1-24(2,27-23(29)30)14-16-4-6-18(7-5-16)33-20-13-17(28-8-10-32-11-9-28)12-19-21(20)22(31-3)26-15-25-19/h12-13,15-16,18,27H,4-11,14H2,1-3H3,(H,29,30). The van der Waals surface area contributed by atoms with Gasteiger partial charge in [0.2, 0.25) is 5.88 Å². The lowest BCUT2D eigenvalue weighted by Crippen LogP contribution is -2.44. The molecule has 1 aromatic carbocycles. The molecule has 0 bridgehead atoms. The molecule has 1 saturated heterocycles. The highest BCUT2D eigenvalue weighted by atomic mass is 16.5. The van der Waals surface area contributed by atoms with Crippen LogP contribution in [0.2, 0.25) is 0 Å². The second-order valence-electron chi connectivity index (χ2n) is 9.60. The van der Waals surface area contributed by atoms with Crippen LogP contribution in [0.5, 0.6) is 11.6 Å². The van der Waals surface area contributed by atoms with Crippen molar-refractivity contribution in [3.8, 4) is 11.6 Å². The number of hydrogen-bond donors (Lipinski definition) is 2. The summed E-state index contributed by atoms with van der Waals surface area (Å²) in [4.78, 5) is 22.1. The van der Waals surface area contributed by atoms with Crippen LogP contribution < -0.4 is 19.7 Å². The van der Waals surface area contributed by atoms with Gasteiger partial charge in [-0.15, -0.1) is 0 Å². The zero-order chi connectivity index (χ0) is 23.4. The largest absolute Gasteiger partial charge is 0.489 e. The predicted molar refractivity (Wildman–Crippen MR) is 125 cm³/mol. The van der Waals surface area contributed by atoms with Gasteiger partial charge in [0.05, 0.1) is 31.9 Å². The Morgan fingerprint density at radius 2 is 1.94 bits per heavy atom. The maximum absolute atomic E-state index is 11.1. The van der Waals surface area contributed by atoms with Crippen molar-refractivity contribution in [2.45, 2.75) is 57.6 Å². The van der Waals surface area contributed by atoms with Gasteiger partial charge < -0.3 is 29.5 Å². The molecule has 0 spiro atoms. The van der Waals surface area contributed by atoms with Gasteiger partial charge in [-0.05, 0) is 57.9 Å². The number of rotatable bonds is 7. The molecular formula is C24H34N4O5. The molecule has 2 heterocycles. The van der Waals surface area contributed by atoms with Crippen LogP contribution in [0, 0.1) is 5.92 Å². The molecule has 2 fully saturated rings. The van der Waals surface area contributed by atoms with Gasteiger partial charge in [-0.25, -0.2) is 14.8 Å². The molecule has 9 nitrogen and oxygen atoms in total. The SMILES string of the molecule is COc1ncnc2cc(N3CCOCC3)cc(OC3CCC(CC(C)(C)NC(=O)O)CC3)c12. The molecule has 1 saturated carbocycles. The van der Waals surface area contributed by atoms with E-state index in [2.05, 4.69) is 32.3 Å². The number of nitrogens with one attached hydrogen (secondary N) is 1. The molecule has 0 radical (unpaired) electrons. The number of amides is 1. The molecule has 180 valence electrons. The number of hydrogen-bond acceptors (Lipinski definition) is 7. The van der Waals surface area contributed by atoms with Crippen LogP contribution in [0.3, 0.4) is 0 Å². The van der Waals surface area contributed by atoms with E-state index in [1.54, 1.807) is 7.11 Å². The van der Waals surface area contributed by atoms with E-state index in [0.717, 1.165) is 67.5 Å². The van der Waals surface area contributed by atoms with Crippen LogP contribution in [0.1, 0.15) is 46.0 Å². The lowest BCUT2D eigenvalue weighted by atomic mass is 9.80. The van der Waals surface area contributed by atoms with Crippen LogP contribution in [0.25, 0.3) is 10.9 Å². The Labute approximate surface area is 194 Å². The molecule has 1 aliphatic heterocycles. The Balaban J connectivity index is 1.50. The molecule has 2 N–H and O–H groups in total. The fraction of sp³-hybridized carbons (Fsp3) is 0.625. The van der Waals surface area contributed by atoms with E-state index in [9.17, 15) is 4.79 Å². The number of carbonyl (C=O) groups is 1. The maximum atomic E-state index is 11.1. The van der Waals surface area contributed by atoms with Crippen molar-refractivity contribution in [2.24, 2.45) is 5.92 Å². The van der Waals surface area contributed by atoms with E-state index < -0.39 is 11.6 Å². The summed E-state index contributed by atoms with van der Waals surface area (Å²) in [6.45, 7) is 6.96. The van der Waals surface area contributed by atoms with E-state index >= 15 is 0 Å². The van der Waals surface area contributed by atoms with Crippen LogP contribution in [0.15, 0.2) is 18.5 Å². The summed E-state index contributed by atoms with van der Waals surface area (Å²) in [5.74, 6) is 1.74. The highest BCUT2D eigenvalue weighted by Gasteiger charge is 2.30. The average molecular weight is 459 g/mol. The quantitative estimate of drug-likeness (QED) is 0.645. The number of methoxy groups -OCH3 is 1. The van der Waals surface area contributed by atoms with Crippen LogP contribution in [-0.2, 0) is 4.74 Å². The molecule has 9 heteroatoms. The third-order valence-electron chi connectivity index (χ3n) is 6.55. The minimum atomic E-state index is -0.972. The van der Waals surface area contributed by atoms with E-state index in [0.29, 0.717) is 25.0 Å². The normalized spacial score (nSPS) is 21.6. The Morgan fingerprint density at radius 1 is 1.21 bits per heavy atom. The first-order valence-electron chi connectivity index (χ1n) is 11.7. The molecule has 4 rings (SSSR count). The van der Waals surface area contributed by atoms with Gasteiger partial charge in [-0.2, -0.15) is 0 Å². The van der Waals surface area contributed by atoms with Gasteiger partial charge >= 0.3 is 6.09 Å². The highest BCUT2D eigenvalue weighted by Crippen LogP contribution is 2.39. The molecule has 0 atom stereocenters. The lowest BCUT2D eigenvalue weighted by Gasteiger charge is -2.35. The Hall–Kier alpha value is -2.81. The van der Waals surface area contributed by atoms with Crippen molar-refractivity contribution in [3.63, 3.8) is 0 Å². The second kappa shape index (κ2) is 9.99. The first-order chi connectivity index (χ1) is 15.8. The van der Waals surface area contributed by atoms with Crippen molar-refractivity contribution < 1.29 is 24.1 Å². The third kappa shape index (κ3) is 5.76. The minimum Gasteiger partial charge on any atom is -0.489 e. The zero-order valence-corrected chi connectivity index (χ0v) is 19.7. The van der Waals surface area contributed by atoms with E-state index in [-0.39, 0.29) is 6.10 Å². The molecule has 1 aliphatic carbocycles. The topological polar surface area (TPSA) is 106 Å². The fourth-order valence-electron chi connectivity index (χ4n) is 5.06. The van der Waals surface area contributed by atoms with Crippen LogP contribution in [0.4, 0.5) is 10.5 Å². The van der Waals surface area contributed by atoms with Crippen molar-refractivity contribution in [2.75, 3.05) is 38.3 Å². The molecule has 1 aromatic heterocycles. The number of morpholine rings is 1. The summed E-state index contributed by atoms with van der Waals surface area (Å²) in [7, 11) is 1.61. The first kappa shape index (κ1) is 23.4. The Morgan fingerprint density at radius 3 is 2.61 bits per heavy atom. The summed E-state index contributed by atoms with van der Waals surface area (Å²) >= 11 is 0. The number of fused-ring (bicyclic) bond motifs is 1. The average Bonchev–Trinajstić information content (AvgIpc) is 2.79. The molecule has 33 heavy (non-hydrogen) atoms. The summed E-state index contributed by atoms with van der Waals surface area (Å²) in [5.41, 5.74) is 1.44. The van der Waals surface area contributed by atoms with E-state index in [4.69, 9.17) is 19.3 Å². The summed E-state index contributed by atoms with van der Waals surface area (Å²) < 4.78 is 17.6. The molecule has 1 amide bonds. The van der Waals surface area contributed by atoms with Gasteiger partial charge in [-0.3, -0.25) is 0 Å². The van der Waals surface area contributed by atoms with Gasteiger partial charge in [0.25, 0.3) is 0 Å². The Bertz CT molecular complexity index is 969. The molecule has 2 aromatic rings. The predicted octanol–water partition coefficient (Wildman–Crippen LogP) is 3.85. The van der Waals surface area contributed by atoms with Gasteiger partial charge in [0.1, 0.15) is 17.5 Å². The van der Waals surface area contributed by atoms with Crippen molar-refractivity contribution >= 4 is 22.7 Å². The maximum Gasteiger partial charge on any atom is 0.405 e. The van der Waals surface area contributed by atoms with Crippen molar-refractivity contribution in [1.82, 2.24) is 15.3 Å². The van der Waals surface area contributed by atoms with E-state index in [1.807, 2.05) is 13.8 Å². The van der Waals surface area contributed by atoms with Gasteiger partial charge in [-0.1, -0.05) is 0 Å². The fourth-order valence-corrected chi connectivity index (χ4v) is 5.06. The third-order valence-corrected chi connectivity index (χ3v) is 6.55. The molecular weight excluding hydrogens is 424 g/mol. The number of benzene rings is 1. The van der Waals surface area contributed by atoms with E-state index in [1.165, 1.54) is 6.33 Å². The Kier molecular flexibility index (Phi) is 7.07. The summed E-state index contributed by atoms with van der Waals surface area (Å²) in [6.07, 6.45) is 5.31. The lowest BCUT2D eigenvalue weighted by molar-refractivity contribution is 0.117. The highest BCUT2D eigenvalue weighted by molar-refractivity contribution is 5.92. The van der Waals surface area contributed by atoms with Crippen LogP contribution in [-0.4, -0.2) is 66.2 Å². The molecule has 0 unspecified atom stereocenters. The summed E-state index contributed by atoms with van der Waals surface area (Å²) in [6, 6.07) is 4.14. The number of aromatic nitrogens is 2. The zero-order valence-electron chi connectivity index (χ0n) is 19.7. The monoisotopic (exact) mass is 458 g/mol. The number of anilines is 1. The second-order valence-corrected chi connectivity index (χ2v) is 9.60. The first-order valence-corrected chi connectivity index (χ1v) is 11.7. The van der Waals surface area contributed by atoms with Gasteiger partial charge in [0, 0.05) is 30.4 Å². The van der Waals surface area contributed by atoms with Crippen molar-refractivity contribution in [1.29, 1.82) is 0 Å². The smallest absolute Gasteiger partial charge is 0.405 e. The van der Waals surface area contributed by atoms with Crippen LogP contribution >= 0.6 is 0 Å². The number of nitrogens with zero attached hydrogens (tertiary/aromatic N) is 3. The number of ether oxygens (including phenoxy) is 3.